The summed E-state index contributed by atoms with van der Waals surface area (Å²) in [6.07, 6.45) is 4.17. The zero-order chi connectivity index (χ0) is 13.2. The van der Waals surface area contributed by atoms with Crippen LogP contribution in [-0.4, -0.2) is 53.4 Å². The topological polar surface area (TPSA) is 66.8 Å². The van der Waals surface area contributed by atoms with E-state index in [2.05, 4.69) is 0 Å². The molecule has 2 aliphatic rings. The number of aliphatic carboxylic acids is 1. The van der Waals surface area contributed by atoms with E-state index in [1.807, 2.05) is 0 Å². The fourth-order valence-electron chi connectivity index (χ4n) is 2.50. The molecule has 5 nitrogen and oxygen atoms in total. The molecule has 0 aromatic heterocycles. The van der Waals surface area contributed by atoms with Crippen molar-refractivity contribution in [3.63, 3.8) is 0 Å². The smallest absolute Gasteiger partial charge is 0.343 e. The Kier molecular flexibility index (Phi) is 3.85. The fourth-order valence-corrected chi connectivity index (χ4v) is 2.50. The Labute approximate surface area is 105 Å². The molecule has 102 valence electrons. The van der Waals surface area contributed by atoms with E-state index in [9.17, 15) is 14.0 Å². The molecule has 1 N–H and O–H groups in total. The van der Waals surface area contributed by atoms with Gasteiger partial charge in [-0.15, -0.1) is 0 Å². The van der Waals surface area contributed by atoms with Crippen LogP contribution in [0.25, 0.3) is 0 Å². The molecule has 0 aromatic rings. The van der Waals surface area contributed by atoms with Crippen LogP contribution in [-0.2, 0) is 14.3 Å². The van der Waals surface area contributed by atoms with E-state index in [0.717, 1.165) is 25.7 Å². The van der Waals surface area contributed by atoms with Gasteiger partial charge < -0.3 is 14.7 Å². The number of carboxylic acids is 1. The van der Waals surface area contributed by atoms with Crippen molar-refractivity contribution in [2.45, 2.75) is 43.9 Å². The minimum absolute atomic E-state index is 0.0691. The summed E-state index contributed by atoms with van der Waals surface area (Å²) in [7, 11) is 0. The normalized spacial score (nSPS) is 28.8. The van der Waals surface area contributed by atoms with Gasteiger partial charge in [-0.3, -0.25) is 4.79 Å². The number of nitrogens with zero attached hydrogens (tertiary/aromatic N) is 1. The van der Waals surface area contributed by atoms with Crippen LogP contribution in [0.2, 0.25) is 0 Å². The molecule has 1 atom stereocenters. The van der Waals surface area contributed by atoms with Crippen molar-refractivity contribution in [3.8, 4) is 0 Å². The number of rotatable bonds is 4. The molecule has 1 unspecified atom stereocenters. The fraction of sp³-hybridized carbons (Fsp3) is 0.833. The second-order valence-corrected chi connectivity index (χ2v) is 5.05. The average molecular weight is 259 g/mol. The number of hydrogen-bond acceptors (Lipinski definition) is 3. The van der Waals surface area contributed by atoms with Crippen LogP contribution in [0.3, 0.4) is 0 Å². The lowest BCUT2D eigenvalue weighted by Crippen LogP contribution is -2.40. The molecule has 2 rings (SSSR count). The van der Waals surface area contributed by atoms with Crippen molar-refractivity contribution < 1.29 is 23.8 Å². The minimum atomic E-state index is -2.29. The van der Waals surface area contributed by atoms with E-state index in [-0.39, 0.29) is 38.1 Å². The summed E-state index contributed by atoms with van der Waals surface area (Å²) in [6, 6.07) is 0. The maximum absolute atomic E-state index is 13.8. The number of alkyl halides is 1. The van der Waals surface area contributed by atoms with Crippen LogP contribution >= 0.6 is 0 Å². The number of likely N-dealkylation sites (tertiary alicyclic amines) is 1. The monoisotopic (exact) mass is 259 g/mol. The maximum Gasteiger partial charge on any atom is 0.343 e. The Balaban J connectivity index is 1.78. The van der Waals surface area contributed by atoms with Gasteiger partial charge in [-0.05, 0) is 12.8 Å². The first kappa shape index (κ1) is 13.3. The quantitative estimate of drug-likeness (QED) is 0.817. The molecule has 1 saturated heterocycles. The van der Waals surface area contributed by atoms with Crippen molar-refractivity contribution in [1.29, 1.82) is 0 Å². The van der Waals surface area contributed by atoms with Gasteiger partial charge in [0.1, 0.15) is 6.61 Å². The highest BCUT2D eigenvalue weighted by molar-refractivity contribution is 5.82. The molecule has 0 radical (unpaired) electrons. The summed E-state index contributed by atoms with van der Waals surface area (Å²) in [6.45, 7) is -0.286. The number of carboxylic acid groups (broad SMARTS) is 1. The van der Waals surface area contributed by atoms with E-state index in [1.165, 1.54) is 4.90 Å². The molecule has 0 spiro atoms. The van der Waals surface area contributed by atoms with Gasteiger partial charge in [0, 0.05) is 13.0 Å². The van der Waals surface area contributed by atoms with Crippen LogP contribution in [0.1, 0.15) is 32.1 Å². The predicted molar refractivity (Wildman–Crippen MR) is 60.9 cm³/mol. The molecule has 0 bridgehead atoms. The summed E-state index contributed by atoms with van der Waals surface area (Å²) in [5, 5.41) is 8.73. The highest BCUT2D eigenvalue weighted by atomic mass is 19.1. The van der Waals surface area contributed by atoms with Crippen molar-refractivity contribution >= 4 is 11.9 Å². The van der Waals surface area contributed by atoms with Gasteiger partial charge >= 0.3 is 5.97 Å². The number of hydrogen-bond donors (Lipinski definition) is 1. The van der Waals surface area contributed by atoms with Crippen molar-refractivity contribution in [2.24, 2.45) is 0 Å². The maximum atomic E-state index is 13.8. The number of amides is 1. The molecule has 6 heteroatoms. The molecular formula is C12H18FNO4. The van der Waals surface area contributed by atoms with Gasteiger partial charge in [-0.2, -0.15) is 0 Å². The zero-order valence-corrected chi connectivity index (χ0v) is 10.2. The Morgan fingerprint density at radius 3 is 2.61 bits per heavy atom. The lowest BCUT2D eigenvalue weighted by molar-refractivity contribution is -0.150. The summed E-state index contributed by atoms with van der Waals surface area (Å²) >= 11 is 0. The van der Waals surface area contributed by atoms with Crippen molar-refractivity contribution in [3.05, 3.63) is 0 Å². The third-order valence-electron chi connectivity index (χ3n) is 3.70. The van der Waals surface area contributed by atoms with Crippen molar-refractivity contribution in [1.82, 2.24) is 4.90 Å². The number of ether oxygens (including phenoxy) is 1. The lowest BCUT2D eigenvalue weighted by Gasteiger charge is -2.19. The molecular weight excluding hydrogens is 241 g/mol. The first-order chi connectivity index (χ1) is 8.51. The SMILES string of the molecule is O=C(COC1CCCC1)N1CCC(F)(C(=O)O)C1. The number of halogens is 1. The predicted octanol–water partition coefficient (Wildman–Crippen LogP) is 0.971. The van der Waals surface area contributed by atoms with E-state index in [0.29, 0.717) is 0 Å². The standard InChI is InChI=1S/C12H18FNO4/c13-12(11(16)17)5-6-14(8-12)10(15)7-18-9-3-1-2-4-9/h9H,1-8H2,(H,16,17). The van der Waals surface area contributed by atoms with Crippen molar-refractivity contribution in [2.75, 3.05) is 19.7 Å². The van der Waals surface area contributed by atoms with E-state index in [4.69, 9.17) is 9.84 Å². The molecule has 1 amide bonds. The Bertz CT molecular complexity index is 343. The second kappa shape index (κ2) is 5.22. The van der Waals surface area contributed by atoms with Crippen LogP contribution in [0, 0.1) is 0 Å². The Morgan fingerprint density at radius 1 is 1.39 bits per heavy atom. The van der Waals surface area contributed by atoms with E-state index < -0.39 is 11.6 Å². The highest BCUT2D eigenvalue weighted by Crippen LogP contribution is 2.26. The first-order valence-corrected chi connectivity index (χ1v) is 6.33. The summed E-state index contributed by atoms with van der Waals surface area (Å²) < 4.78 is 19.2. The van der Waals surface area contributed by atoms with Gasteiger partial charge in [0.05, 0.1) is 12.6 Å². The van der Waals surface area contributed by atoms with Crippen LogP contribution in [0.5, 0.6) is 0 Å². The van der Waals surface area contributed by atoms with Gasteiger partial charge in [0.2, 0.25) is 11.6 Å². The third kappa shape index (κ3) is 2.80. The molecule has 1 saturated carbocycles. The van der Waals surface area contributed by atoms with Crippen LogP contribution in [0.4, 0.5) is 4.39 Å². The molecule has 1 heterocycles. The highest BCUT2D eigenvalue weighted by Gasteiger charge is 2.46. The second-order valence-electron chi connectivity index (χ2n) is 5.05. The number of carbonyl (C=O) groups excluding carboxylic acids is 1. The molecule has 18 heavy (non-hydrogen) atoms. The summed E-state index contributed by atoms with van der Waals surface area (Å²) in [4.78, 5) is 23.7. The number of carbonyl (C=O) groups is 2. The minimum Gasteiger partial charge on any atom is -0.479 e. The zero-order valence-electron chi connectivity index (χ0n) is 10.2. The molecule has 2 fully saturated rings. The first-order valence-electron chi connectivity index (χ1n) is 6.33. The van der Waals surface area contributed by atoms with E-state index in [1.54, 1.807) is 0 Å². The van der Waals surface area contributed by atoms with E-state index >= 15 is 0 Å². The Morgan fingerprint density at radius 2 is 2.06 bits per heavy atom. The van der Waals surface area contributed by atoms with Gasteiger partial charge in [-0.25, -0.2) is 9.18 Å². The molecule has 1 aliphatic carbocycles. The molecule has 1 aliphatic heterocycles. The summed E-state index contributed by atoms with van der Waals surface area (Å²) in [5.41, 5.74) is -2.29. The largest absolute Gasteiger partial charge is 0.479 e. The average Bonchev–Trinajstić information content (AvgIpc) is 2.95. The van der Waals surface area contributed by atoms with Crippen LogP contribution in [0.15, 0.2) is 0 Å². The lowest BCUT2D eigenvalue weighted by atomic mass is 10.1. The Hall–Kier alpha value is -1.17. The van der Waals surface area contributed by atoms with Gasteiger partial charge in [0.25, 0.3) is 0 Å². The van der Waals surface area contributed by atoms with Crippen LogP contribution < -0.4 is 0 Å². The molecule has 0 aromatic carbocycles. The van der Waals surface area contributed by atoms with Gasteiger partial charge in [-0.1, -0.05) is 12.8 Å². The summed E-state index contributed by atoms with van der Waals surface area (Å²) in [5.74, 6) is -1.81. The third-order valence-corrected chi connectivity index (χ3v) is 3.70. The van der Waals surface area contributed by atoms with Gasteiger partial charge in [0.15, 0.2) is 0 Å².